The predicted molar refractivity (Wildman–Crippen MR) is 134 cm³/mol. The minimum Gasteiger partial charge on any atom is -0.481 e. The number of hydrogen-bond donors (Lipinski definition) is 3. The number of aliphatic carboxylic acids is 1. The third-order valence-electron chi connectivity index (χ3n) is 6.26. The van der Waals surface area contributed by atoms with E-state index in [-0.39, 0.29) is 18.2 Å². The first-order valence-electron chi connectivity index (χ1n) is 11.7. The van der Waals surface area contributed by atoms with Crippen molar-refractivity contribution >= 4 is 33.6 Å². The van der Waals surface area contributed by atoms with Crippen LogP contribution >= 0.6 is 11.3 Å². The first kappa shape index (κ1) is 24.5. The van der Waals surface area contributed by atoms with Crippen molar-refractivity contribution in [2.45, 2.75) is 70.5 Å². The largest absolute Gasteiger partial charge is 0.481 e. The number of carboxylic acid groups (broad SMARTS) is 1. The van der Waals surface area contributed by atoms with Crippen LogP contribution in [0.2, 0.25) is 0 Å². The summed E-state index contributed by atoms with van der Waals surface area (Å²) in [5.41, 5.74) is 4.96. The minimum atomic E-state index is -1.14. The maximum atomic E-state index is 13.8. The van der Waals surface area contributed by atoms with Crippen LogP contribution in [0.4, 0.5) is 4.39 Å². The van der Waals surface area contributed by atoms with Crippen LogP contribution < -0.4 is 0 Å². The topological polar surface area (TPSA) is 90.7 Å². The van der Waals surface area contributed by atoms with Gasteiger partial charge in [0.15, 0.2) is 0 Å². The van der Waals surface area contributed by atoms with Crippen LogP contribution in [0.5, 0.6) is 0 Å². The van der Waals surface area contributed by atoms with Crippen molar-refractivity contribution in [2.24, 2.45) is 0 Å². The van der Waals surface area contributed by atoms with Gasteiger partial charge in [-0.15, -0.1) is 11.3 Å². The third kappa shape index (κ3) is 5.22. The number of rotatable bonds is 8. The second kappa shape index (κ2) is 10.3. The quantitative estimate of drug-likeness (QED) is 0.382. The summed E-state index contributed by atoms with van der Waals surface area (Å²) in [7, 11) is 0. The summed E-state index contributed by atoms with van der Waals surface area (Å²) in [5.74, 6) is -1.30. The van der Waals surface area contributed by atoms with Crippen LogP contribution in [0.15, 0.2) is 30.3 Å². The molecule has 3 N–H and O–H groups in total. The number of aryl methyl sites for hydroxylation is 2. The molecule has 0 bridgehead atoms. The minimum absolute atomic E-state index is 0.0742. The second-order valence-corrected chi connectivity index (χ2v) is 10.3. The molecule has 0 amide bonds. The predicted octanol–water partition coefficient (Wildman–Crippen LogP) is 5.70. The highest BCUT2D eigenvalue weighted by Gasteiger charge is 2.25. The van der Waals surface area contributed by atoms with E-state index in [2.05, 4.69) is 13.8 Å². The molecular formula is C27H30FNO4S. The Kier molecular flexibility index (Phi) is 7.45. The van der Waals surface area contributed by atoms with Crippen LogP contribution in [0.3, 0.4) is 0 Å². The van der Waals surface area contributed by atoms with Gasteiger partial charge in [-0.3, -0.25) is 4.79 Å². The molecule has 4 rings (SSSR count). The Labute approximate surface area is 202 Å². The summed E-state index contributed by atoms with van der Waals surface area (Å²) in [6, 6.07) is 6.48. The van der Waals surface area contributed by atoms with Gasteiger partial charge in [0.05, 0.1) is 24.3 Å². The Morgan fingerprint density at radius 3 is 2.56 bits per heavy atom. The average Bonchev–Trinajstić information content (AvgIpc) is 3.15. The molecule has 1 aliphatic carbocycles. The molecule has 0 aliphatic heterocycles. The van der Waals surface area contributed by atoms with E-state index < -0.39 is 24.6 Å². The number of nitrogens with zero attached hydrogens (tertiary/aromatic N) is 1. The van der Waals surface area contributed by atoms with E-state index in [1.165, 1.54) is 29.0 Å². The summed E-state index contributed by atoms with van der Waals surface area (Å²) in [6.45, 7) is 4.14. The lowest BCUT2D eigenvalue weighted by Gasteiger charge is -2.18. The van der Waals surface area contributed by atoms with E-state index >= 15 is 0 Å². The van der Waals surface area contributed by atoms with Crippen LogP contribution in [-0.2, 0) is 17.6 Å². The Morgan fingerprint density at radius 1 is 1.18 bits per heavy atom. The summed E-state index contributed by atoms with van der Waals surface area (Å²) < 4.78 is 13.8. The molecule has 0 spiro atoms. The van der Waals surface area contributed by atoms with E-state index in [4.69, 9.17) is 10.1 Å². The zero-order valence-corrected chi connectivity index (χ0v) is 20.2. The zero-order chi connectivity index (χ0) is 24.4. The van der Waals surface area contributed by atoms with Crippen LogP contribution in [0.1, 0.15) is 67.1 Å². The Morgan fingerprint density at radius 2 is 1.88 bits per heavy atom. The van der Waals surface area contributed by atoms with Crippen LogP contribution in [-0.4, -0.2) is 38.5 Å². The molecule has 34 heavy (non-hydrogen) atoms. The SMILES string of the molecule is CC(C)c1nc2sc3c(c2c(-c2ccc(F)cc2)c1/C=C/[C@@H](O)C[C@@H](O)CC(=O)O)CCCC3. The molecule has 1 aliphatic rings. The fourth-order valence-corrected chi connectivity index (χ4v) is 5.97. The second-order valence-electron chi connectivity index (χ2n) is 9.25. The monoisotopic (exact) mass is 483 g/mol. The van der Waals surface area contributed by atoms with Gasteiger partial charge in [-0.25, -0.2) is 9.37 Å². The number of pyridine rings is 1. The summed E-state index contributed by atoms with van der Waals surface area (Å²) in [6.07, 6.45) is 5.09. The smallest absolute Gasteiger partial charge is 0.305 e. The summed E-state index contributed by atoms with van der Waals surface area (Å²) in [4.78, 5) is 18.2. The van der Waals surface area contributed by atoms with E-state index in [1.54, 1.807) is 29.5 Å². The van der Waals surface area contributed by atoms with Crippen molar-refractivity contribution < 1.29 is 24.5 Å². The molecule has 0 unspecified atom stereocenters. The Bertz CT molecular complexity index is 1220. The van der Waals surface area contributed by atoms with Gasteiger partial charge in [0.2, 0.25) is 0 Å². The number of carboxylic acids is 1. The van der Waals surface area contributed by atoms with Gasteiger partial charge in [-0.05, 0) is 54.9 Å². The van der Waals surface area contributed by atoms with E-state index in [9.17, 15) is 19.4 Å². The van der Waals surface area contributed by atoms with Gasteiger partial charge in [0.1, 0.15) is 10.6 Å². The van der Waals surface area contributed by atoms with Gasteiger partial charge >= 0.3 is 5.97 Å². The fourth-order valence-electron chi connectivity index (χ4n) is 4.70. The average molecular weight is 484 g/mol. The number of aliphatic hydroxyl groups is 2. The van der Waals surface area contributed by atoms with Crippen molar-refractivity contribution in [3.63, 3.8) is 0 Å². The Hall–Kier alpha value is -2.61. The third-order valence-corrected chi connectivity index (χ3v) is 7.44. The lowest BCUT2D eigenvalue weighted by molar-refractivity contribution is -0.139. The number of hydrogen-bond acceptors (Lipinski definition) is 5. The number of fused-ring (bicyclic) bond motifs is 3. The highest BCUT2D eigenvalue weighted by Crippen LogP contribution is 2.44. The molecule has 0 fully saturated rings. The van der Waals surface area contributed by atoms with E-state index in [0.29, 0.717) is 0 Å². The number of thiophene rings is 1. The molecule has 180 valence electrons. The van der Waals surface area contributed by atoms with Crippen molar-refractivity contribution in [3.05, 3.63) is 57.9 Å². The molecule has 5 nitrogen and oxygen atoms in total. The van der Waals surface area contributed by atoms with Crippen molar-refractivity contribution in [3.8, 4) is 11.1 Å². The maximum absolute atomic E-state index is 13.8. The van der Waals surface area contributed by atoms with E-state index in [0.717, 1.165) is 51.9 Å². The molecule has 2 aromatic heterocycles. The van der Waals surface area contributed by atoms with Crippen molar-refractivity contribution in [2.75, 3.05) is 0 Å². The zero-order valence-electron chi connectivity index (χ0n) is 19.4. The van der Waals surface area contributed by atoms with Gasteiger partial charge in [0, 0.05) is 27.8 Å². The summed E-state index contributed by atoms with van der Waals surface area (Å²) in [5, 5.41) is 30.4. The van der Waals surface area contributed by atoms with Crippen molar-refractivity contribution in [1.82, 2.24) is 4.98 Å². The van der Waals surface area contributed by atoms with Gasteiger partial charge in [0.25, 0.3) is 0 Å². The number of halogens is 1. The Balaban J connectivity index is 1.88. The molecule has 2 heterocycles. The van der Waals surface area contributed by atoms with Crippen LogP contribution in [0.25, 0.3) is 27.4 Å². The maximum Gasteiger partial charge on any atom is 0.305 e. The first-order chi connectivity index (χ1) is 16.2. The first-order valence-corrected chi connectivity index (χ1v) is 12.6. The lowest BCUT2D eigenvalue weighted by Crippen LogP contribution is -2.19. The molecule has 3 aromatic rings. The molecule has 0 radical (unpaired) electrons. The molecule has 2 atom stereocenters. The van der Waals surface area contributed by atoms with Gasteiger partial charge in [-0.1, -0.05) is 38.1 Å². The molecule has 0 saturated carbocycles. The highest BCUT2D eigenvalue weighted by molar-refractivity contribution is 7.19. The molecular weight excluding hydrogens is 453 g/mol. The lowest BCUT2D eigenvalue weighted by atomic mass is 9.87. The van der Waals surface area contributed by atoms with Gasteiger partial charge in [-0.2, -0.15) is 0 Å². The van der Waals surface area contributed by atoms with Crippen LogP contribution in [0, 0.1) is 5.82 Å². The number of aromatic nitrogens is 1. The molecule has 1 aromatic carbocycles. The normalized spacial score (nSPS) is 15.7. The van der Waals surface area contributed by atoms with E-state index in [1.807, 2.05) is 6.08 Å². The molecule has 0 saturated heterocycles. The standard InChI is InChI=1S/C27H30FNO4S/c1-15(2)26-21(12-11-18(30)13-19(31)14-23(32)33)24(16-7-9-17(28)10-8-16)25-20-5-3-4-6-22(20)34-27(25)29-26/h7-12,15,18-19,30-31H,3-6,13-14H2,1-2H3,(H,32,33)/b12-11+/t18-,19-/m1/s1. The fraction of sp³-hybridized carbons (Fsp3) is 0.407. The number of carbonyl (C=O) groups is 1. The molecule has 7 heteroatoms. The summed E-state index contributed by atoms with van der Waals surface area (Å²) >= 11 is 1.74. The van der Waals surface area contributed by atoms with Gasteiger partial charge < -0.3 is 15.3 Å². The highest BCUT2D eigenvalue weighted by atomic mass is 32.1. The van der Waals surface area contributed by atoms with Crippen molar-refractivity contribution in [1.29, 1.82) is 0 Å². The number of aliphatic hydroxyl groups excluding tert-OH is 2. The number of benzene rings is 1.